The number of hydrogen-bond donors (Lipinski definition) is 1. The summed E-state index contributed by atoms with van der Waals surface area (Å²) in [4.78, 5) is 9.60. The van der Waals surface area contributed by atoms with Gasteiger partial charge in [-0.15, -0.1) is 12.4 Å². The Kier molecular flexibility index (Phi) is 5.37. The second-order valence-electron chi connectivity index (χ2n) is 3.28. The minimum Gasteiger partial charge on any atom is -0.324 e. The Morgan fingerprint density at radius 1 is 1.35 bits per heavy atom. The van der Waals surface area contributed by atoms with Gasteiger partial charge in [0.05, 0.1) is 10.5 Å². The highest BCUT2D eigenvalue weighted by atomic mass is 35.5. The predicted octanol–water partition coefficient (Wildman–Crippen LogP) is 3.11. The second kappa shape index (κ2) is 5.83. The van der Waals surface area contributed by atoms with E-state index >= 15 is 0 Å². The van der Waals surface area contributed by atoms with E-state index in [9.17, 15) is 23.3 Å². The van der Waals surface area contributed by atoms with Crippen LogP contribution in [0.15, 0.2) is 12.1 Å². The first-order chi connectivity index (χ1) is 7.34. The lowest BCUT2D eigenvalue weighted by atomic mass is 10.0. The molecule has 17 heavy (non-hydrogen) atoms. The topological polar surface area (TPSA) is 69.2 Å². The van der Waals surface area contributed by atoms with E-state index in [0.717, 1.165) is 6.07 Å². The summed E-state index contributed by atoms with van der Waals surface area (Å²) in [6.07, 6.45) is -3.11. The average molecular weight is 271 g/mol. The fourth-order valence-electron chi connectivity index (χ4n) is 1.25. The summed E-state index contributed by atoms with van der Waals surface area (Å²) in [5.41, 5.74) is 3.47. The Morgan fingerprint density at radius 2 is 1.82 bits per heavy atom. The largest absolute Gasteiger partial charge is 0.324 e. The molecule has 0 aliphatic rings. The van der Waals surface area contributed by atoms with Gasteiger partial charge < -0.3 is 5.73 Å². The minimum absolute atomic E-state index is 0. The Labute approximate surface area is 101 Å². The molecule has 0 amide bonds. The molecule has 0 aliphatic heterocycles. The van der Waals surface area contributed by atoms with E-state index in [-0.39, 0.29) is 18.0 Å². The number of hydrogen-bond acceptors (Lipinski definition) is 3. The molecule has 1 aromatic carbocycles. The summed E-state index contributed by atoms with van der Waals surface area (Å²) in [5.74, 6) is -1.18. The number of nitro groups is 1. The van der Waals surface area contributed by atoms with Crippen LogP contribution in [0.3, 0.4) is 0 Å². The van der Waals surface area contributed by atoms with Crippen molar-refractivity contribution in [3.05, 3.63) is 39.2 Å². The van der Waals surface area contributed by atoms with Gasteiger partial charge in [-0.1, -0.05) is 0 Å². The van der Waals surface area contributed by atoms with Gasteiger partial charge in [-0.3, -0.25) is 10.1 Å². The number of halogens is 4. The van der Waals surface area contributed by atoms with Crippen molar-refractivity contribution in [2.24, 2.45) is 5.73 Å². The van der Waals surface area contributed by atoms with Crippen molar-refractivity contribution in [3.8, 4) is 0 Å². The van der Waals surface area contributed by atoms with Gasteiger partial charge in [0, 0.05) is 23.7 Å². The maximum Gasteiger partial charge on any atom is 0.270 e. The lowest BCUT2D eigenvalue weighted by Crippen LogP contribution is -2.10. The zero-order chi connectivity index (χ0) is 12.5. The molecule has 1 atom stereocenters. The van der Waals surface area contributed by atoms with Crippen LogP contribution in [0.25, 0.3) is 0 Å². The standard InChI is InChI=1S/C9H9F3N2O2.ClH/c1-4(13)6-2-5(14(15)16)3-7(8(6)10)9(11)12;/h2-4,9H,13H2,1H3;1H/t4-;/m1./s1. The molecule has 0 saturated heterocycles. The zero-order valence-corrected chi connectivity index (χ0v) is 9.51. The Morgan fingerprint density at radius 3 is 2.18 bits per heavy atom. The highest BCUT2D eigenvalue weighted by molar-refractivity contribution is 5.85. The number of nitro benzene ring substituents is 1. The molecule has 1 aromatic rings. The molecule has 2 N–H and O–H groups in total. The van der Waals surface area contributed by atoms with Crippen molar-refractivity contribution in [1.82, 2.24) is 0 Å². The van der Waals surface area contributed by atoms with E-state index in [1.54, 1.807) is 0 Å². The smallest absolute Gasteiger partial charge is 0.270 e. The zero-order valence-electron chi connectivity index (χ0n) is 8.69. The SMILES string of the molecule is C[C@@H](N)c1cc([N+](=O)[O-])cc(C(F)F)c1F.Cl. The molecule has 0 radical (unpaired) electrons. The Bertz CT molecular complexity index is 398. The third-order valence-corrected chi connectivity index (χ3v) is 2.05. The van der Waals surface area contributed by atoms with Gasteiger partial charge in [0.1, 0.15) is 5.82 Å². The third-order valence-electron chi connectivity index (χ3n) is 2.05. The first-order valence-electron chi connectivity index (χ1n) is 4.36. The van der Waals surface area contributed by atoms with Gasteiger partial charge >= 0.3 is 0 Å². The van der Waals surface area contributed by atoms with Crippen LogP contribution in [0.2, 0.25) is 0 Å². The fourth-order valence-corrected chi connectivity index (χ4v) is 1.25. The lowest BCUT2D eigenvalue weighted by molar-refractivity contribution is -0.385. The molecule has 8 heteroatoms. The van der Waals surface area contributed by atoms with Crippen molar-refractivity contribution in [2.75, 3.05) is 0 Å². The first kappa shape index (κ1) is 15.7. The van der Waals surface area contributed by atoms with E-state index in [2.05, 4.69) is 0 Å². The molecule has 0 bridgehead atoms. The van der Waals surface area contributed by atoms with E-state index in [4.69, 9.17) is 5.73 Å². The van der Waals surface area contributed by atoms with Crippen LogP contribution >= 0.6 is 12.4 Å². The van der Waals surface area contributed by atoms with Gasteiger partial charge in [-0.25, -0.2) is 13.2 Å². The van der Waals surface area contributed by atoms with Crippen molar-refractivity contribution < 1.29 is 18.1 Å². The number of non-ortho nitro benzene ring substituents is 1. The molecule has 96 valence electrons. The van der Waals surface area contributed by atoms with Crippen LogP contribution in [-0.4, -0.2) is 4.92 Å². The molecular weight excluding hydrogens is 261 g/mol. The normalized spacial score (nSPS) is 12.1. The number of benzene rings is 1. The molecule has 0 spiro atoms. The summed E-state index contributed by atoms with van der Waals surface area (Å²) >= 11 is 0. The first-order valence-corrected chi connectivity index (χ1v) is 4.36. The van der Waals surface area contributed by atoms with Crippen LogP contribution in [0.5, 0.6) is 0 Å². The summed E-state index contributed by atoms with van der Waals surface area (Å²) in [7, 11) is 0. The highest BCUT2D eigenvalue weighted by Crippen LogP contribution is 2.31. The maximum atomic E-state index is 13.4. The van der Waals surface area contributed by atoms with Gasteiger partial charge in [-0.05, 0) is 6.92 Å². The van der Waals surface area contributed by atoms with Gasteiger partial charge in [0.2, 0.25) is 0 Å². The molecular formula is C9H10ClF3N2O2. The Balaban J connectivity index is 0.00000256. The molecule has 0 aliphatic carbocycles. The molecule has 0 unspecified atom stereocenters. The number of rotatable bonds is 3. The van der Waals surface area contributed by atoms with Gasteiger partial charge in [0.25, 0.3) is 12.1 Å². The third kappa shape index (κ3) is 3.31. The van der Waals surface area contributed by atoms with E-state index in [0.29, 0.717) is 6.07 Å². The lowest BCUT2D eigenvalue weighted by Gasteiger charge is -2.10. The van der Waals surface area contributed by atoms with Crippen molar-refractivity contribution in [1.29, 1.82) is 0 Å². The molecule has 0 aromatic heterocycles. The van der Waals surface area contributed by atoms with E-state index in [1.807, 2.05) is 0 Å². The van der Waals surface area contributed by atoms with Crippen molar-refractivity contribution >= 4 is 18.1 Å². The highest BCUT2D eigenvalue weighted by Gasteiger charge is 2.23. The van der Waals surface area contributed by atoms with E-state index < -0.39 is 34.5 Å². The van der Waals surface area contributed by atoms with Crippen LogP contribution in [-0.2, 0) is 0 Å². The molecule has 4 nitrogen and oxygen atoms in total. The predicted molar refractivity (Wildman–Crippen MR) is 57.9 cm³/mol. The molecule has 0 fully saturated rings. The van der Waals surface area contributed by atoms with Crippen LogP contribution < -0.4 is 5.73 Å². The number of nitrogens with zero attached hydrogens (tertiary/aromatic N) is 1. The van der Waals surface area contributed by atoms with Crippen molar-refractivity contribution in [3.63, 3.8) is 0 Å². The molecule has 0 heterocycles. The van der Waals surface area contributed by atoms with Crippen molar-refractivity contribution in [2.45, 2.75) is 19.4 Å². The number of nitrogens with two attached hydrogens (primary N) is 1. The average Bonchev–Trinajstić information content (AvgIpc) is 2.16. The van der Waals surface area contributed by atoms with E-state index in [1.165, 1.54) is 6.92 Å². The van der Waals surface area contributed by atoms with Crippen LogP contribution in [0, 0.1) is 15.9 Å². The summed E-state index contributed by atoms with van der Waals surface area (Å²) in [5, 5.41) is 10.5. The Hall–Kier alpha value is -1.34. The van der Waals surface area contributed by atoms with Gasteiger partial charge in [0.15, 0.2) is 0 Å². The summed E-state index contributed by atoms with van der Waals surface area (Å²) < 4.78 is 38.3. The van der Waals surface area contributed by atoms with Crippen LogP contribution in [0.1, 0.15) is 30.5 Å². The summed E-state index contributed by atoms with van der Waals surface area (Å²) in [6.45, 7) is 1.36. The van der Waals surface area contributed by atoms with Crippen LogP contribution in [0.4, 0.5) is 18.9 Å². The minimum atomic E-state index is -3.11. The maximum absolute atomic E-state index is 13.4. The fraction of sp³-hybridized carbons (Fsp3) is 0.333. The summed E-state index contributed by atoms with van der Waals surface area (Å²) in [6, 6.07) is 0.495. The molecule has 0 saturated carbocycles. The molecule has 1 rings (SSSR count). The number of alkyl halides is 2. The second-order valence-corrected chi connectivity index (χ2v) is 3.28. The quantitative estimate of drug-likeness (QED) is 0.678. The monoisotopic (exact) mass is 270 g/mol. The van der Waals surface area contributed by atoms with Gasteiger partial charge in [-0.2, -0.15) is 0 Å².